The predicted molar refractivity (Wildman–Crippen MR) is 102 cm³/mol. The largest absolute Gasteiger partial charge is 0.495 e. The number of amides is 3. The van der Waals surface area contributed by atoms with E-state index in [9.17, 15) is 14.0 Å². The number of aryl methyl sites for hydroxylation is 2. The number of nitrogens with zero attached hydrogens (tertiary/aromatic N) is 1. The molecule has 1 atom stereocenters. The second-order valence-corrected chi connectivity index (χ2v) is 6.57. The fourth-order valence-corrected chi connectivity index (χ4v) is 3.10. The Balaban J connectivity index is 1.66. The molecule has 1 aliphatic rings. The molecule has 0 aromatic heterocycles. The highest BCUT2D eigenvalue weighted by Gasteiger charge is 2.33. The van der Waals surface area contributed by atoms with Gasteiger partial charge in [0.1, 0.15) is 17.6 Å². The molecule has 27 heavy (non-hydrogen) atoms. The van der Waals surface area contributed by atoms with Crippen LogP contribution in [0.1, 0.15) is 17.5 Å². The highest BCUT2D eigenvalue weighted by atomic mass is 19.1. The van der Waals surface area contributed by atoms with E-state index in [1.807, 2.05) is 13.0 Å². The molecule has 1 saturated heterocycles. The summed E-state index contributed by atoms with van der Waals surface area (Å²) < 4.78 is 18.7. The van der Waals surface area contributed by atoms with E-state index >= 15 is 0 Å². The molecule has 1 aliphatic heterocycles. The van der Waals surface area contributed by atoms with Crippen molar-refractivity contribution in [2.75, 3.05) is 23.9 Å². The van der Waals surface area contributed by atoms with Gasteiger partial charge >= 0.3 is 6.03 Å². The number of hydrogen-bond donors (Lipinski definition) is 2. The van der Waals surface area contributed by atoms with E-state index in [1.54, 1.807) is 36.1 Å². The third-order valence-corrected chi connectivity index (χ3v) is 4.57. The molecule has 0 aliphatic carbocycles. The van der Waals surface area contributed by atoms with Gasteiger partial charge in [-0.15, -0.1) is 0 Å². The van der Waals surface area contributed by atoms with Crippen LogP contribution in [0.15, 0.2) is 36.4 Å². The van der Waals surface area contributed by atoms with Crippen LogP contribution in [0.25, 0.3) is 0 Å². The molecule has 2 aromatic rings. The zero-order valence-corrected chi connectivity index (χ0v) is 15.5. The molecular formula is C20H22FN3O3. The molecular weight excluding hydrogens is 349 g/mol. The molecule has 0 bridgehead atoms. The third-order valence-electron chi connectivity index (χ3n) is 4.57. The summed E-state index contributed by atoms with van der Waals surface area (Å²) in [5.41, 5.74) is 2.61. The molecule has 0 saturated carbocycles. The van der Waals surface area contributed by atoms with Crippen LogP contribution >= 0.6 is 0 Å². The Morgan fingerprint density at radius 1 is 1.22 bits per heavy atom. The summed E-state index contributed by atoms with van der Waals surface area (Å²) in [6, 6.07) is 8.88. The predicted octanol–water partition coefficient (Wildman–Crippen LogP) is 3.38. The monoisotopic (exact) mass is 371 g/mol. The summed E-state index contributed by atoms with van der Waals surface area (Å²) in [4.78, 5) is 26.5. The standard InChI is InChI=1S/C20H22FN3O3/c1-12-4-7-18(27-3)17(10-12)23-20(26)22-16-8-9-24(19(16)25)14-5-6-15(21)13(2)11-14/h4-7,10-11,16H,8-9H2,1-3H3,(H2,22,23,26)/t16-/m0/s1. The maximum Gasteiger partial charge on any atom is 0.319 e. The van der Waals surface area contributed by atoms with Crippen LogP contribution in [0.2, 0.25) is 0 Å². The van der Waals surface area contributed by atoms with Crippen molar-refractivity contribution in [3.05, 3.63) is 53.3 Å². The van der Waals surface area contributed by atoms with Gasteiger partial charge in [-0.1, -0.05) is 6.07 Å². The number of benzene rings is 2. The highest BCUT2D eigenvalue weighted by molar-refractivity contribution is 6.02. The van der Waals surface area contributed by atoms with Gasteiger partial charge in [-0.2, -0.15) is 0 Å². The van der Waals surface area contributed by atoms with Crippen LogP contribution in [0.3, 0.4) is 0 Å². The SMILES string of the molecule is COc1ccc(C)cc1NC(=O)N[C@H]1CCN(c2ccc(F)c(C)c2)C1=O. The Bertz CT molecular complexity index is 885. The van der Waals surface area contributed by atoms with Crippen LogP contribution < -0.4 is 20.3 Å². The smallest absolute Gasteiger partial charge is 0.319 e. The lowest BCUT2D eigenvalue weighted by Gasteiger charge is -2.18. The Labute approximate surface area is 157 Å². The van der Waals surface area contributed by atoms with Gasteiger partial charge in [0.05, 0.1) is 12.8 Å². The number of halogens is 1. The Morgan fingerprint density at radius 2 is 2.00 bits per heavy atom. The third kappa shape index (κ3) is 4.02. The number of carbonyl (C=O) groups excluding carboxylic acids is 2. The normalized spacial score (nSPS) is 16.4. The summed E-state index contributed by atoms with van der Waals surface area (Å²) in [6.45, 7) is 4.02. The zero-order valence-electron chi connectivity index (χ0n) is 15.5. The molecule has 3 rings (SSSR count). The fraction of sp³-hybridized carbons (Fsp3) is 0.300. The van der Waals surface area contributed by atoms with Crippen molar-refractivity contribution < 1.29 is 18.7 Å². The number of methoxy groups -OCH3 is 1. The molecule has 142 valence electrons. The first-order valence-corrected chi connectivity index (χ1v) is 8.68. The number of nitrogens with one attached hydrogen (secondary N) is 2. The van der Waals surface area contributed by atoms with E-state index in [4.69, 9.17) is 4.74 Å². The van der Waals surface area contributed by atoms with Crippen molar-refractivity contribution >= 4 is 23.3 Å². The summed E-state index contributed by atoms with van der Waals surface area (Å²) in [5, 5.41) is 5.43. The molecule has 2 aromatic carbocycles. The summed E-state index contributed by atoms with van der Waals surface area (Å²) in [5.74, 6) is 0.0100. The topological polar surface area (TPSA) is 70.7 Å². The second kappa shape index (κ2) is 7.65. The molecule has 1 heterocycles. The quantitative estimate of drug-likeness (QED) is 0.866. The van der Waals surface area contributed by atoms with Crippen molar-refractivity contribution in [2.24, 2.45) is 0 Å². The van der Waals surface area contributed by atoms with Gasteiger partial charge in [0.15, 0.2) is 0 Å². The number of anilines is 2. The summed E-state index contributed by atoms with van der Waals surface area (Å²) >= 11 is 0. The van der Waals surface area contributed by atoms with Gasteiger partial charge in [0.25, 0.3) is 0 Å². The fourth-order valence-electron chi connectivity index (χ4n) is 3.10. The minimum atomic E-state index is -0.633. The Kier molecular flexibility index (Phi) is 5.30. The number of ether oxygens (including phenoxy) is 1. The highest BCUT2D eigenvalue weighted by Crippen LogP contribution is 2.26. The molecule has 1 fully saturated rings. The zero-order chi connectivity index (χ0) is 19.6. The molecule has 0 spiro atoms. The van der Waals surface area contributed by atoms with Crippen LogP contribution in [-0.4, -0.2) is 31.6 Å². The van der Waals surface area contributed by atoms with Crippen LogP contribution in [0.5, 0.6) is 5.75 Å². The minimum Gasteiger partial charge on any atom is -0.495 e. The minimum absolute atomic E-state index is 0.215. The first-order valence-electron chi connectivity index (χ1n) is 8.68. The average Bonchev–Trinajstić information content (AvgIpc) is 2.98. The molecule has 2 N–H and O–H groups in total. The van der Waals surface area contributed by atoms with Crippen LogP contribution in [0, 0.1) is 19.7 Å². The molecule has 7 heteroatoms. The van der Waals surface area contributed by atoms with Crippen molar-refractivity contribution in [2.45, 2.75) is 26.3 Å². The van der Waals surface area contributed by atoms with Gasteiger partial charge in [-0.3, -0.25) is 4.79 Å². The maximum atomic E-state index is 13.4. The maximum absolute atomic E-state index is 13.4. The molecule has 3 amide bonds. The number of rotatable bonds is 4. The van der Waals surface area contributed by atoms with Crippen LogP contribution in [0.4, 0.5) is 20.6 Å². The second-order valence-electron chi connectivity index (χ2n) is 6.57. The number of urea groups is 1. The van der Waals surface area contributed by atoms with Crippen molar-refractivity contribution in [3.8, 4) is 5.75 Å². The van der Waals surface area contributed by atoms with Gasteiger partial charge < -0.3 is 20.3 Å². The molecule has 6 nitrogen and oxygen atoms in total. The Morgan fingerprint density at radius 3 is 2.70 bits per heavy atom. The number of carbonyl (C=O) groups is 2. The van der Waals surface area contributed by atoms with Crippen molar-refractivity contribution in [1.82, 2.24) is 5.32 Å². The van der Waals surface area contributed by atoms with E-state index in [-0.39, 0.29) is 11.7 Å². The molecule has 0 unspecified atom stereocenters. The van der Waals surface area contributed by atoms with E-state index in [2.05, 4.69) is 10.6 Å². The van der Waals surface area contributed by atoms with E-state index < -0.39 is 12.1 Å². The number of hydrogen-bond acceptors (Lipinski definition) is 3. The van der Waals surface area contributed by atoms with Gasteiger partial charge in [-0.25, -0.2) is 9.18 Å². The van der Waals surface area contributed by atoms with Crippen molar-refractivity contribution in [3.63, 3.8) is 0 Å². The van der Waals surface area contributed by atoms with Gasteiger partial charge in [-0.05, 0) is 61.7 Å². The summed E-state index contributed by atoms with van der Waals surface area (Å²) in [6.07, 6.45) is 0.480. The first kappa shape index (κ1) is 18.7. The average molecular weight is 371 g/mol. The Hall–Kier alpha value is -3.09. The lowest BCUT2D eigenvalue weighted by atomic mass is 10.2. The van der Waals surface area contributed by atoms with Crippen molar-refractivity contribution in [1.29, 1.82) is 0 Å². The molecule has 0 radical (unpaired) electrons. The van der Waals surface area contributed by atoms with Gasteiger partial charge in [0.2, 0.25) is 5.91 Å². The van der Waals surface area contributed by atoms with E-state index in [1.165, 1.54) is 13.2 Å². The van der Waals surface area contributed by atoms with Gasteiger partial charge in [0, 0.05) is 12.2 Å². The van der Waals surface area contributed by atoms with E-state index in [0.717, 1.165) is 5.56 Å². The van der Waals surface area contributed by atoms with E-state index in [0.29, 0.717) is 35.7 Å². The lowest BCUT2D eigenvalue weighted by molar-refractivity contribution is -0.118. The van der Waals surface area contributed by atoms with Crippen LogP contribution in [-0.2, 0) is 4.79 Å². The lowest BCUT2D eigenvalue weighted by Crippen LogP contribution is -2.43. The first-order chi connectivity index (χ1) is 12.9. The summed E-state index contributed by atoms with van der Waals surface area (Å²) in [7, 11) is 1.52.